The van der Waals surface area contributed by atoms with Crippen molar-refractivity contribution in [2.24, 2.45) is 0 Å². The average molecular weight is 320 g/mol. The van der Waals surface area contributed by atoms with Gasteiger partial charge in [0.25, 0.3) is 0 Å². The van der Waals surface area contributed by atoms with Crippen molar-refractivity contribution in [2.45, 2.75) is 26.4 Å². The molecule has 1 atom stereocenters. The fraction of sp³-hybridized carbons (Fsp3) is 0.333. The maximum Gasteiger partial charge on any atom is 0.137 e. The van der Waals surface area contributed by atoms with Gasteiger partial charge >= 0.3 is 0 Å². The van der Waals surface area contributed by atoms with E-state index < -0.39 is 0 Å². The number of halogens is 1. The van der Waals surface area contributed by atoms with Crippen LogP contribution >= 0.6 is 11.6 Å². The molecule has 0 aliphatic heterocycles. The Hall–Kier alpha value is -1.87. The van der Waals surface area contributed by atoms with Gasteiger partial charge in [0.1, 0.15) is 18.1 Å². The minimum absolute atomic E-state index is 0.221. The number of hydrogen-bond donors (Lipinski definition) is 1. The molecule has 0 spiro atoms. The van der Waals surface area contributed by atoms with Gasteiger partial charge in [-0.3, -0.25) is 0 Å². The van der Waals surface area contributed by atoms with Gasteiger partial charge in [-0.25, -0.2) is 0 Å². The lowest BCUT2D eigenvalue weighted by molar-refractivity contribution is 0.217. The number of rotatable bonds is 8. The molecule has 1 unspecified atom stereocenters. The second kappa shape index (κ2) is 8.54. The van der Waals surface area contributed by atoms with Crippen LogP contribution in [0.3, 0.4) is 0 Å². The molecule has 3 nitrogen and oxygen atoms in total. The minimum Gasteiger partial charge on any atom is -0.491 e. The van der Waals surface area contributed by atoms with Crippen LogP contribution in [0.1, 0.15) is 20.3 Å². The molecule has 0 radical (unpaired) electrons. The summed E-state index contributed by atoms with van der Waals surface area (Å²) >= 11 is 6.04. The van der Waals surface area contributed by atoms with Gasteiger partial charge in [-0.05, 0) is 37.6 Å². The van der Waals surface area contributed by atoms with Gasteiger partial charge in [0.15, 0.2) is 0 Å². The Morgan fingerprint density at radius 1 is 1.14 bits per heavy atom. The molecular formula is C18H22ClNO2. The van der Waals surface area contributed by atoms with Crippen molar-refractivity contribution in [1.29, 1.82) is 0 Å². The van der Waals surface area contributed by atoms with E-state index in [1.807, 2.05) is 48.5 Å². The minimum atomic E-state index is 0.221. The van der Waals surface area contributed by atoms with Crippen molar-refractivity contribution in [3.8, 4) is 11.5 Å². The molecule has 0 heterocycles. The molecule has 1 N–H and O–H groups in total. The zero-order chi connectivity index (χ0) is 15.8. The van der Waals surface area contributed by atoms with Gasteiger partial charge in [0.05, 0.1) is 11.1 Å². The normalized spacial score (nSPS) is 11.8. The zero-order valence-corrected chi connectivity index (χ0v) is 13.8. The van der Waals surface area contributed by atoms with Crippen molar-refractivity contribution in [3.63, 3.8) is 0 Å². The van der Waals surface area contributed by atoms with E-state index in [2.05, 4.69) is 19.2 Å². The van der Waals surface area contributed by atoms with E-state index in [1.165, 1.54) is 0 Å². The largest absolute Gasteiger partial charge is 0.491 e. The lowest BCUT2D eigenvalue weighted by atomic mass is 10.2. The number of hydrogen-bond acceptors (Lipinski definition) is 3. The first kappa shape index (κ1) is 16.5. The Kier molecular flexibility index (Phi) is 6.41. The molecule has 4 heteroatoms. The van der Waals surface area contributed by atoms with Crippen LogP contribution in [0.4, 0.5) is 5.69 Å². The van der Waals surface area contributed by atoms with E-state index in [4.69, 9.17) is 21.1 Å². The molecule has 0 bridgehead atoms. The van der Waals surface area contributed by atoms with Crippen molar-refractivity contribution in [2.75, 3.05) is 18.5 Å². The third-order valence-electron chi connectivity index (χ3n) is 3.27. The Morgan fingerprint density at radius 2 is 1.95 bits per heavy atom. The summed E-state index contributed by atoms with van der Waals surface area (Å²) in [5.74, 6) is 1.59. The molecule has 0 aromatic heterocycles. The number of para-hydroxylation sites is 1. The van der Waals surface area contributed by atoms with Gasteiger partial charge < -0.3 is 14.8 Å². The van der Waals surface area contributed by atoms with Gasteiger partial charge in [0.2, 0.25) is 0 Å². The fourth-order valence-corrected chi connectivity index (χ4v) is 2.10. The zero-order valence-electron chi connectivity index (χ0n) is 13.0. The quantitative estimate of drug-likeness (QED) is 0.694. The highest BCUT2D eigenvalue weighted by atomic mass is 35.5. The maximum absolute atomic E-state index is 6.04. The Bertz CT molecular complexity index is 589. The summed E-state index contributed by atoms with van der Waals surface area (Å²) in [5, 5.41) is 3.95. The molecule has 0 aliphatic rings. The van der Waals surface area contributed by atoms with Gasteiger partial charge in [0, 0.05) is 18.3 Å². The molecular weight excluding hydrogens is 298 g/mol. The highest BCUT2D eigenvalue weighted by Gasteiger charge is 2.02. The highest BCUT2D eigenvalue weighted by molar-refractivity contribution is 6.32. The molecule has 0 amide bonds. The van der Waals surface area contributed by atoms with Gasteiger partial charge in [-0.15, -0.1) is 0 Å². The lowest BCUT2D eigenvalue weighted by Gasteiger charge is -2.14. The highest BCUT2D eigenvalue weighted by Crippen LogP contribution is 2.23. The first-order chi connectivity index (χ1) is 10.7. The molecule has 0 aliphatic carbocycles. The first-order valence-corrected chi connectivity index (χ1v) is 7.94. The monoisotopic (exact) mass is 319 g/mol. The van der Waals surface area contributed by atoms with E-state index in [0.29, 0.717) is 23.9 Å². The number of ether oxygens (including phenoxy) is 2. The summed E-state index contributed by atoms with van der Waals surface area (Å²) in [7, 11) is 0. The molecule has 22 heavy (non-hydrogen) atoms. The van der Waals surface area contributed by atoms with Crippen molar-refractivity contribution in [1.82, 2.24) is 0 Å². The molecule has 0 saturated carbocycles. The summed E-state index contributed by atoms with van der Waals surface area (Å²) in [4.78, 5) is 0. The SMILES string of the molecule is CCC(C)Oc1cccc(NCCOc2ccccc2Cl)c1. The Balaban J connectivity index is 1.79. The second-order valence-electron chi connectivity index (χ2n) is 5.07. The number of nitrogens with one attached hydrogen (secondary N) is 1. The van der Waals surface area contributed by atoms with Gasteiger partial charge in [-0.2, -0.15) is 0 Å². The third kappa shape index (κ3) is 5.15. The van der Waals surface area contributed by atoms with Crippen molar-refractivity contribution < 1.29 is 9.47 Å². The average Bonchev–Trinajstić information content (AvgIpc) is 2.53. The smallest absolute Gasteiger partial charge is 0.137 e. The van der Waals surface area contributed by atoms with Crippen LogP contribution in [0.5, 0.6) is 11.5 Å². The van der Waals surface area contributed by atoms with Gasteiger partial charge in [-0.1, -0.05) is 36.7 Å². The van der Waals surface area contributed by atoms with Crippen LogP contribution in [0, 0.1) is 0 Å². The predicted octanol–water partition coefficient (Wildman–Crippen LogP) is 5.01. The lowest BCUT2D eigenvalue weighted by Crippen LogP contribution is -2.12. The van der Waals surface area contributed by atoms with Crippen LogP contribution in [0.15, 0.2) is 48.5 Å². The third-order valence-corrected chi connectivity index (χ3v) is 3.58. The van der Waals surface area contributed by atoms with Crippen LogP contribution in [0.25, 0.3) is 0 Å². The summed E-state index contributed by atoms with van der Waals surface area (Å²) in [6.07, 6.45) is 1.21. The van der Waals surface area contributed by atoms with E-state index >= 15 is 0 Å². The van der Waals surface area contributed by atoms with E-state index in [0.717, 1.165) is 17.9 Å². The molecule has 2 aromatic carbocycles. The maximum atomic E-state index is 6.04. The fourth-order valence-electron chi connectivity index (χ4n) is 1.91. The Morgan fingerprint density at radius 3 is 2.73 bits per heavy atom. The molecule has 2 rings (SSSR count). The Labute approximate surface area is 137 Å². The van der Waals surface area contributed by atoms with E-state index in [1.54, 1.807) is 0 Å². The predicted molar refractivity (Wildman–Crippen MR) is 92.3 cm³/mol. The summed E-state index contributed by atoms with van der Waals surface area (Å²) in [5.41, 5.74) is 1.02. The van der Waals surface area contributed by atoms with Crippen molar-refractivity contribution in [3.05, 3.63) is 53.6 Å². The summed E-state index contributed by atoms with van der Waals surface area (Å²) < 4.78 is 11.5. The van der Waals surface area contributed by atoms with E-state index in [-0.39, 0.29) is 6.10 Å². The van der Waals surface area contributed by atoms with Crippen LogP contribution in [-0.4, -0.2) is 19.3 Å². The molecule has 118 valence electrons. The van der Waals surface area contributed by atoms with Crippen LogP contribution in [0.2, 0.25) is 5.02 Å². The molecule has 0 saturated heterocycles. The summed E-state index contributed by atoms with van der Waals surface area (Å²) in [6.45, 7) is 5.41. The second-order valence-corrected chi connectivity index (χ2v) is 5.48. The van der Waals surface area contributed by atoms with Crippen LogP contribution in [-0.2, 0) is 0 Å². The van der Waals surface area contributed by atoms with E-state index in [9.17, 15) is 0 Å². The molecule has 0 fully saturated rings. The van der Waals surface area contributed by atoms with Crippen LogP contribution < -0.4 is 14.8 Å². The first-order valence-electron chi connectivity index (χ1n) is 7.57. The number of anilines is 1. The molecule has 2 aromatic rings. The number of benzene rings is 2. The topological polar surface area (TPSA) is 30.5 Å². The van der Waals surface area contributed by atoms with Crippen molar-refractivity contribution >= 4 is 17.3 Å². The standard InChI is InChI=1S/C18H22ClNO2/c1-3-14(2)22-16-8-6-7-15(13-16)20-11-12-21-18-10-5-4-9-17(18)19/h4-10,13-14,20H,3,11-12H2,1-2H3. The summed E-state index contributed by atoms with van der Waals surface area (Å²) in [6, 6.07) is 15.4.